The van der Waals surface area contributed by atoms with Crippen molar-refractivity contribution in [3.05, 3.63) is 0 Å². The lowest BCUT2D eigenvalue weighted by Crippen LogP contribution is -2.43. The Morgan fingerprint density at radius 2 is 2.08 bits per heavy atom. The van der Waals surface area contributed by atoms with Crippen LogP contribution in [0.1, 0.15) is 32.1 Å². The van der Waals surface area contributed by atoms with E-state index in [2.05, 4.69) is 16.7 Å². The number of nitrogens with zero attached hydrogens (tertiary/aromatic N) is 1. The van der Waals surface area contributed by atoms with Crippen molar-refractivity contribution in [3.63, 3.8) is 0 Å². The molecule has 0 spiro atoms. The normalized spacial score (nSPS) is 45.7. The summed E-state index contributed by atoms with van der Waals surface area (Å²) in [5.41, 5.74) is 0. The Morgan fingerprint density at radius 3 is 2.69 bits per heavy atom. The molecule has 0 radical (unpaired) electrons. The minimum absolute atomic E-state index is 0.953. The number of hydrogen-bond donors (Lipinski definition) is 0. The Bertz CT molecular complexity index is 189. The van der Waals surface area contributed by atoms with Gasteiger partial charge in [0.1, 0.15) is 0 Å². The first-order valence-corrected chi connectivity index (χ1v) is 6.92. The van der Waals surface area contributed by atoms with Gasteiger partial charge in [0.25, 0.3) is 0 Å². The third kappa shape index (κ3) is 1.52. The molecule has 1 saturated carbocycles. The molecule has 1 nitrogen and oxygen atoms in total. The van der Waals surface area contributed by atoms with Gasteiger partial charge in [-0.2, -0.15) is 11.8 Å². The van der Waals surface area contributed by atoms with Crippen molar-refractivity contribution in [2.75, 3.05) is 18.1 Å². The standard InChI is InChI=1S/C11H19NS/c1-2-11(8-13-5-1)12-7-9-3-4-10(12)6-9/h9-11H,1-8H2. The molecular weight excluding hydrogens is 178 g/mol. The van der Waals surface area contributed by atoms with E-state index >= 15 is 0 Å². The second-order valence-corrected chi connectivity index (χ2v) is 6.05. The molecule has 3 aliphatic rings. The highest BCUT2D eigenvalue weighted by Crippen LogP contribution is 2.40. The van der Waals surface area contributed by atoms with Crippen LogP contribution < -0.4 is 0 Å². The molecular formula is C11H19NS. The average molecular weight is 197 g/mol. The monoisotopic (exact) mass is 197 g/mol. The fraction of sp³-hybridized carbons (Fsp3) is 1.00. The second-order valence-electron chi connectivity index (χ2n) is 4.90. The number of fused-ring (bicyclic) bond motifs is 2. The Kier molecular flexibility index (Phi) is 2.30. The molecule has 2 bridgehead atoms. The summed E-state index contributed by atoms with van der Waals surface area (Å²) in [7, 11) is 0. The van der Waals surface area contributed by atoms with Crippen LogP contribution in [0.4, 0.5) is 0 Å². The van der Waals surface area contributed by atoms with Gasteiger partial charge in [0.15, 0.2) is 0 Å². The molecule has 0 aromatic heterocycles. The van der Waals surface area contributed by atoms with Gasteiger partial charge in [-0.25, -0.2) is 0 Å². The van der Waals surface area contributed by atoms with Gasteiger partial charge in [-0.05, 0) is 43.8 Å². The van der Waals surface area contributed by atoms with Crippen LogP contribution in [0.15, 0.2) is 0 Å². The molecule has 2 heteroatoms. The third-order valence-corrected chi connectivity index (χ3v) is 5.25. The first kappa shape index (κ1) is 8.60. The smallest absolute Gasteiger partial charge is 0.0189 e. The molecule has 0 amide bonds. The van der Waals surface area contributed by atoms with Crippen LogP contribution in [0.5, 0.6) is 0 Å². The lowest BCUT2D eigenvalue weighted by Gasteiger charge is -2.36. The van der Waals surface area contributed by atoms with E-state index in [1.807, 2.05) is 0 Å². The van der Waals surface area contributed by atoms with Gasteiger partial charge in [0, 0.05) is 24.4 Å². The van der Waals surface area contributed by atoms with Crippen molar-refractivity contribution in [2.45, 2.75) is 44.2 Å². The van der Waals surface area contributed by atoms with E-state index in [9.17, 15) is 0 Å². The van der Waals surface area contributed by atoms with Crippen LogP contribution in [0.3, 0.4) is 0 Å². The quantitative estimate of drug-likeness (QED) is 0.635. The highest BCUT2D eigenvalue weighted by atomic mass is 32.2. The fourth-order valence-electron chi connectivity index (χ4n) is 3.40. The van der Waals surface area contributed by atoms with Crippen molar-refractivity contribution in [3.8, 4) is 0 Å². The summed E-state index contributed by atoms with van der Waals surface area (Å²) >= 11 is 2.18. The molecule has 2 saturated heterocycles. The fourth-order valence-corrected chi connectivity index (χ4v) is 4.56. The summed E-state index contributed by atoms with van der Waals surface area (Å²) in [4.78, 5) is 2.85. The highest BCUT2D eigenvalue weighted by Gasteiger charge is 2.40. The van der Waals surface area contributed by atoms with Gasteiger partial charge < -0.3 is 0 Å². The van der Waals surface area contributed by atoms with Crippen molar-refractivity contribution >= 4 is 11.8 Å². The number of rotatable bonds is 1. The van der Waals surface area contributed by atoms with Crippen LogP contribution in [-0.2, 0) is 0 Å². The zero-order chi connectivity index (χ0) is 8.67. The van der Waals surface area contributed by atoms with Crippen molar-refractivity contribution in [2.24, 2.45) is 5.92 Å². The van der Waals surface area contributed by atoms with E-state index in [4.69, 9.17) is 0 Å². The maximum atomic E-state index is 2.85. The Labute approximate surface area is 85.3 Å². The van der Waals surface area contributed by atoms with Gasteiger partial charge in [0.05, 0.1) is 0 Å². The maximum Gasteiger partial charge on any atom is 0.0189 e. The van der Waals surface area contributed by atoms with Gasteiger partial charge in [-0.3, -0.25) is 4.90 Å². The number of likely N-dealkylation sites (tertiary alicyclic amines) is 1. The minimum atomic E-state index is 0.953. The SMILES string of the molecule is C1CSCC(N2CC3CCC2C3)C1. The first-order valence-electron chi connectivity index (χ1n) is 5.77. The van der Waals surface area contributed by atoms with Gasteiger partial charge in [0.2, 0.25) is 0 Å². The van der Waals surface area contributed by atoms with Crippen LogP contribution in [0, 0.1) is 5.92 Å². The molecule has 3 atom stereocenters. The number of piperidine rings is 1. The Morgan fingerprint density at radius 1 is 1.08 bits per heavy atom. The zero-order valence-electron chi connectivity index (χ0n) is 8.24. The van der Waals surface area contributed by atoms with Crippen molar-refractivity contribution in [1.82, 2.24) is 4.90 Å². The lowest BCUT2D eigenvalue weighted by atomic mass is 10.1. The van der Waals surface area contributed by atoms with E-state index in [0.29, 0.717) is 0 Å². The summed E-state index contributed by atoms with van der Waals surface area (Å²) in [6.07, 6.45) is 7.51. The lowest BCUT2D eigenvalue weighted by molar-refractivity contribution is 0.153. The molecule has 0 N–H and O–H groups in total. The minimum Gasteiger partial charge on any atom is -0.296 e. The molecule has 0 aromatic rings. The summed E-state index contributed by atoms with van der Waals surface area (Å²) in [5.74, 6) is 3.92. The summed E-state index contributed by atoms with van der Waals surface area (Å²) in [6, 6.07) is 1.95. The molecule has 1 aliphatic carbocycles. The largest absolute Gasteiger partial charge is 0.296 e. The first-order chi connectivity index (χ1) is 6.43. The molecule has 13 heavy (non-hydrogen) atoms. The van der Waals surface area contributed by atoms with E-state index in [0.717, 1.165) is 18.0 Å². The van der Waals surface area contributed by atoms with Crippen LogP contribution in [0.25, 0.3) is 0 Å². The molecule has 2 heterocycles. The highest BCUT2D eigenvalue weighted by molar-refractivity contribution is 7.99. The summed E-state index contributed by atoms with van der Waals surface area (Å²) in [5, 5.41) is 0. The molecule has 3 fully saturated rings. The molecule has 74 valence electrons. The maximum absolute atomic E-state index is 2.85. The van der Waals surface area contributed by atoms with Crippen LogP contribution in [-0.4, -0.2) is 35.0 Å². The van der Waals surface area contributed by atoms with E-state index in [1.54, 1.807) is 0 Å². The van der Waals surface area contributed by atoms with Gasteiger partial charge in [-0.15, -0.1) is 0 Å². The third-order valence-electron chi connectivity index (χ3n) is 4.06. The number of thioether (sulfide) groups is 1. The van der Waals surface area contributed by atoms with E-state index in [1.165, 1.54) is 50.2 Å². The van der Waals surface area contributed by atoms with Crippen LogP contribution >= 0.6 is 11.8 Å². The van der Waals surface area contributed by atoms with E-state index < -0.39 is 0 Å². The summed E-state index contributed by atoms with van der Waals surface area (Å²) < 4.78 is 0. The summed E-state index contributed by atoms with van der Waals surface area (Å²) in [6.45, 7) is 1.44. The van der Waals surface area contributed by atoms with Crippen LogP contribution in [0.2, 0.25) is 0 Å². The molecule has 0 aromatic carbocycles. The topological polar surface area (TPSA) is 3.24 Å². The van der Waals surface area contributed by atoms with Gasteiger partial charge >= 0.3 is 0 Å². The predicted molar refractivity (Wildman–Crippen MR) is 58.2 cm³/mol. The Balaban J connectivity index is 1.65. The molecule has 3 unspecified atom stereocenters. The predicted octanol–water partition coefficient (Wildman–Crippen LogP) is 2.37. The Hall–Kier alpha value is 0.310. The average Bonchev–Trinajstić information content (AvgIpc) is 2.80. The van der Waals surface area contributed by atoms with E-state index in [-0.39, 0.29) is 0 Å². The molecule has 3 rings (SSSR count). The van der Waals surface area contributed by atoms with Gasteiger partial charge in [-0.1, -0.05) is 0 Å². The number of hydrogen-bond acceptors (Lipinski definition) is 2. The molecule has 2 aliphatic heterocycles. The van der Waals surface area contributed by atoms with Crippen molar-refractivity contribution < 1.29 is 0 Å². The zero-order valence-corrected chi connectivity index (χ0v) is 9.06. The second kappa shape index (κ2) is 3.47. The van der Waals surface area contributed by atoms with Crippen molar-refractivity contribution in [1.29, 1.82) is 0 Å².